The maximum Gasteiger partial charge on any atom is 0.325 e. The number of carbonyl (C=O) groups is 4. The second kappa shape index (κ2) is 9.08. The minimum absolute atomic E-state index is 0.0327. The van der Waals surface area contributed by atoms with Gasteiger partial charge in [-0.25, -0.2) is 4.79 Å². The summed E-state index contributed by atoms with van der Waals surface area (Å²) < 4.78 is 0. The molecule has 8 heteroatoms. The number of hydrogen-bond acceptors (Lipinski definition) is 4. The van der Waals surface area contributed by atoms with Gasteiger partial charge in [0.25, 0.3) is 5.91 Å². The molecule has 3 atom stereocenters. The average molecular weight is 489 g/mol. The Kier molecular flexibility index (Phi) is 6.06. The summed E-state index contributed by atoms with van der Waals surface area (Å²) in [5, 5.41) is 2.89. The lowest BCUT2D eigenvalue weighted by molar-refractivity contribution is -0.141. The molecule has 5 rings (SSSR count). The van der Waals surface area contributed by atoms with Gasteiger partial charge in [-0.15, -0.1) is 0 Å². The van der Waals surface area contributed by atoms with Crippen molar-refractivity contribution >= 4 is 23.8 Å². The second-order valence-corrected chi connectivity index (χ2v) is 10.4. The Morgan fingerprint density at radius 3 is 2.53 bits per heavy atom. The van der Waals surface area contributed by atoms with Crippen molar-refractivity contribution in [1.29, 1.82) is 0 Å². The van der Waals surface area contributed by atoms with Crippen LogP contribution in [0, 0.1) is 5.92 Å². The Labute approximate surface area is 210 Å². The Bertz CT molecular complexity index is 1230. The van der Waals surface area contributed by atoms with Gasteiger partial charge in [0.2, 0.25) is 11.8 Å². The predicted molar refractivity (Wildman–Crippen MR) is 133 cm³/mol. The standard InChI is InChI=1S/C28H32N4O4/c1-17(25(29)34)21-10-11-23-22(14-21)12-13-28(23)26(35)32(27(36)30-28)16-24(33)31(18(2)20-8-9-20)15-19-6-4-3-5-7-19/h3-7,10-11,14,17-18,20H,8-9,12-13,15-16H2,1-2H3,(H2,29,34)(H,30,36)/t17?,18-,28-/m0/s1. The molecule has 1 saturated carbocycles. The first-order valence-electron chi connectivity index (χ1n) is 12.6. The minimum Gasteiger partial charge on any atom is -0.369 e. The largest absolute Gasteiger partial charge is 0.369 e. The quantitative estimate of drug-likeness (QED) is 0.556. The molecule has 2 fully saturated rings. The van der Waals surface area contributed by atoms with E-state index in [2.05, 4.69) is 5.32 Å². The second-order valence-electron chi connectivity index (χ2n) is 10.4. The first-order valence-corrected chi connectivity index (χ1v) is 12.6. The van der Waals surface area contributed by atoms with Gasteiger partial charge >= 0.3 is 6.03 Å². The van der Waals surface area contributed by atoms with Crippen LogP contribution in [0.5, 0.6) is 0 Å². The molecule has 3 N–H and O–H groups in total. The Balaban J connectivity index is 1.36. The van der Waals surface area contributed by atoms with Crippen molar-refractivity contribution in [2.24, 2.45) is 11.7 Å². The van der Waals surface area contributed by atoms with Crippen LogP contribution in [-0.4, -0.2) is 46.1 Å². The van der Waals surface area contributed by atoms with Crippen molar-refractivity contribution in [3.05, 3.63) is 70.8 Å². The normalized spacial score (nSPS) is 22.3. The molecule has 0 radical (unpaired) electrons. The van der Waals surface area contributed by atoms with Gasteiger partial charge in [-0.05, 0) is 67.7 Å². The van der Waals surface area contributed by atoms with Crippen LogP contribution in [0.25, 0.3) is 0 Å². The number of rotatable bonds is 8. The van der Waals surface area contributed by atoms with Crippen molar-refractivity contribution in [2.75, 3.05) is 6.54 Å². The molecule has 2 aromatic carbocycles. The number of nitrogens with zero attached hydrogens (tertiary/aromatic N) is 2. The van der Waals surface area contributed by atoms with Gasteiger partial charge in [-0.3, -0.25) is 19.3 Å². The number of nitrogens with one attached hydrogen (secondary N) is 1. The maximum absolute atomic E-state index is 13.7. The molecule has 0 aromatic heterocycles. The molecule has 1 saturated heterocycles. The lowest BCUT2D eigenvalue weighted by Crippen LogP contribution is -2.47. The first kappa shape index (κ1) is 24.0. The molecule has 1 heterocycles. The van der Waals surface area contributed by atoms with Crippen LogP contribution >= 0.6 is 0 Å². The van der Waals surface area contributed by atoms with Gasteiger partial charge in [0.1, 0.15) is 12.1 Å². The average Bonchev–Trinajstić information content (AvgIpc) is 3.62. The number of fused-ring (bicyclic) bond motifs is 2. The van der Waals surface area contributed by atoms with Gasteiger partial charge in [-0.2, -0.15) is 0 Å². The molecule has 1 aliphatic heterocycles. The van der Waals surface area contributed by atoms with Gasteiger partial charge in [0.05, 0.1) is 5.92 Å². The Morgan fingerprint density at radius 2 is 1.86 bits per heavy atom. The molecular weight excluding hydrogens is 456 g/mol. The van der Waals surface area contributed by atoms with Crippen LogP contribution < -0.4 is 11.1 Å². The summed E-state index contributed by atoms with van der Waals surface area (Å²) in [6, 6.07) is 14.7. The molecule has 5 amide bonds. The van der Waals surface area contributed by atoms with E-state index in [1.165, 1.54) is 0 Å². The zero-order valence-electron chi connectivity index (χ0n) is 20.7. The van der Waals surface area contributed by atoms with Gasteiger partial charge in [0.15, 0.2) is 0 Å². The number of primary amides is 1. The van der Waals surface area contributed by atoms with E-state index in [0.29, 0.717) is 25.3 Å². The fourth-order valence-corrected chi connectivity index (χ4v) is 5.55. The van der Waals surface area contributed by atoms with Crippen molar-refractivity contribution < 1.29 is 19.2 Å². The molecule has 2 aliphatic carbocycles. The molecule has 3 aliphatic rings. The van der Waals surface area contributed by atoms with Crippen LogP contribution in [-0.2, 0) is 32.9 Å². The number of nitrogens with two attached hydrogens (primary N) is 1. The molecule has 2 aromatic rings. The van der Waals surface area contributed by atoms with E-state index in [-0.39, 0.29) is 18.5 Å². The zero-order chi connectivity index (χ0) is 25.6. The summed E-state index contributed by atoms with van der Waals surface area (Å²) in [5.74, 6) is -1.04. The SMILES string of the molecule is CC(C(N)=O)c1ccc2c(c1)CC[C@]21NC(=O)N(CC(=O)N(Cc2ccccc2)[C@@H](C)C2CC2)C1=O. The number of amides is 5. The van der Waals surface area contributed by atoms with Crippen LogP contribution in [0.4, 0.5) is 4.79 Å². The van der Waals surface area contributed by atoms with Crippen molar-refractivity contribution in [3.8, 4) is 0 Å². The Hall–Kier alpha value is -3.68. The van der Waals surface area contributed by atoms with E-state index in [0.717, 1.165) is 40.0 Å². The molecule has 36 heavy (non-hydrogen) atoms. The third kappa shape index (κ3) is 4.14. The smallest absolute Gasteiger partial charge is 0.325 e. The zero-order valence-corrected chi connectivity index (χ0v) is 20.7. The minimum atomic E-state index is -1.17. The summed E-state index contributed by atoms with van der Waals surface area (Å²) in [6.45, 7) is 3.94. The van der Waals surface area contributed by atoms with E-state index in [1.807, 2.05) is 43.3 Å². The third-order valence-electron chi connectivity index (χ3n) is 8.07. The van der Waals surface area contributed by atoms with Crippen molar-refractivity contribution in [2.45, 2.75) is 63.6 Å². The van der Waals surface area contributed by atoms with E-state index in [1.54, 1.807) is 24.0 Å². The number of urea groups is 1. The van der Waals surface area contributed by atoms with Crippen LogP contribution in [0.15, 0.2) is 48.5 Å². The summed E-state index contributed by atoms with van der Waals surface area (Å²) in [4.78, 5) is 54.7. The lowest BCUT2D eigenvalue weighted by atomic mass is 9.89. The highest BCUT2D eigenvalue weighted by atomic mass is 16.2. The van der Waals surface area contributed by atoms with E-state index in [4.69, 9.17) is 5.73 Å². The Morgan fingerprint density at radius 1 is 1.14 bits per heavy atom. The number of hydrogen-bond donors (Lipinski definition) is 2. The topological polar surface area (TPSA) is 113 Å². The van der Waals surface area contributed by atoms with E-state index >= 15 is 0 Å². The molecule has 1 spiro atoms. The highest BCUT2D eigenvalue weighted by Gasteiger charge is 2.56. The first-order chi connectivity index (χ1) is 17.2. The van der Waals surface area contributed by atoms with Crippen molar-refractivity contribution in [3.63, 3.8) is 0 Å². The number of aryl methyl sites for hydroxylation is 1. The third-order valence-corrected chi connectivity index (χ3v) is 8.07. The van der Waals surface area contributed by atoms with Crippen LogP contribution in [0.2, 0.25) is 0 Å². The molecule has 0 bridgehead atoms. The monoisotopic (exact) mass is 488 g/mol. The molecule has 188 valence electrons. The van der Waals surface area contributed by atoms with Crippen LogP contribution in [0.1, 0.15) is 61.3 Å². The summed E-state index contributed by atoms with van der Waals surface area (Å²) in [6.07, 6.45) is 3.16. The lowest BCUT2D eigenvalue weighted by Gasteiger charge is -2.31. The fraction of sp³-hybridized carbons (Fsp3) is 0.429. The number of imide groups is 1. The van der Waals surface area contributed by atoms with Gasteiger partial charge in [-0.1, -0.05) is 48.5 Å². The van der Waals surface area contributed by atoms with Gasteiger partial charge < -0.3 is 16.0 Å². The number of carbonyl (C=O) groups excluding carboxylic acids is 4. The van der Waals surface area contributed by atoms with E-state index < -0.39 is 29.3 Å². The molecule has 8 nitrogen and oxygen atoms in total. The maximum atomic E-state index is 13.7. The van der Waals surface area contributed by atoms with E-state index in [9.17, 15) is 19.2 Å². The summed E-state index contributed by atoms with van der Waals surface area (Å²) in [5.41, 5.74) is 7.72. The summed E-state index contributed by atoms with van der Waals surface area (Å²) in [7, 11) is 0. The number of benzene rings is 2. The highest BCUT2D eigenvalue weighted by molar-refractivity contribution is 6.10. The highest BCUT2D eigenvalue weighted by Crippen LogP contribution is 2.42. The fourth-order valence-electron chi connectivity index (χ4n) is 5.55. The van der Waals surface area contributed by atoms with Crippen molar-refractivity contribution in [1.82, 2.24) is 15.1 Å². The molecule has 1 unspecified atom stereocenters. The predicted octanol–water partition coefficient (Wildman–Crippen LogP) is 2.80. The summed E-state index contributed by atoms with van der Waals surface area (Å²) >= 11 is 0. The van der Waals surface area contributed by atoms with Gasteiger partial charge in [0, 0.05) is 12.6 Å². The molecular formula is C28H32N4O4. The van der Waals surface area contributed by atoms with Crippen LogP contribution in [0.3, 0.4) is 0 Å².